The Balaban J connectivity index is 2.17. The van der Waals surface area contributed by atoms with Gasteiger partial charge < -0.3 is 9.64 Å². The van der Waals surface area contributed by atoms with Gasteiger partial charge in [-0.15, -0.1) is 6.58 Å². The summed E-state index contributed by atoms with van der Waals surface area (Å²) in [6.45, 7) is 6.19. The molecule has 3 aromatic carbocycles. The van der Waals surface area contributed by atoms with Crippen molar-refractivity contribution in [1.29, 1.82) is 0 Å². The Labute approximate surface area is 166 Å². The van der Waals surface area contributed by atoms with Gasteiger partial charge in [-0.2, -0.15) is 0 Å². The van der Waals surface area contributed by atoms with Gasteiger partial charge in [-0.1, -0.05) is 72.8 Å². The molecule has 2 unspecified atom stereocenters. The summed E-state index contributed by atoms with van der Waals surface area (Å²) >= 11 is 0. The number of hydrogen-bond acceptors (Lipinski definition) is 3. The van der Waals surface area contributed by atoms with Crippen molar-refractivity contribution in [2.45, 2.75) is 18.9 Å². The molecule has 0 amide bonds. The van der Waals surface area contributed by atoms with Crippen molar-refractivity contribution >= 4 is 17.3 Å². The second-order valence-electron chi connectivity index (χ2n) is 6.41. The van der Waals surface area contributed by atoms with Crippen LogP contribution in [0.1, 0.15) is 18.4 Å². The molecule has 0 N–H and O–H groups in total. The van der Waals surface area contributed by atoms with Crippen LogP contribution >= 0.6 is 0 Å². The summed E-state index contributed by atoms with van der Waals surface area (Å²) in [5.41, 5.74) is 2.87. The number of esters is 1. The van der Waals surface area contributed by atoms with Gasteiger partial charge in [-0.3, -0.25) is 0 Å². The lowest BCUT2D eigenvalue weighted by molar-refractivity contribution is -0.144. The molecular weight excluding hydrogens is 346 g/mol. The third-order valence-electron chi connectivity index (χ3n) is 4.65. The average molecular weight is 371 g/mol. The Morgan fingerprint density at radius 3 is 1.79 bits per heavy atom. The molecule has 0 spiro atoms. The molecule has 3 aromatic rings. The summed E-state index contributed by atoms with van der Waals surface area (Å²) in [6.07, 6.45) is 1.83. The summed E-state index contributed by atoms with van der Waals surface area (Å²) in [7, 11) is 0. The van der Waals surface area contributed by atoms with E-state index in [2.05, 4.69) is 6.58 Å². The third kappa shape index (κ3) is 4.32. The average Bonchev–Trinajstić information content (AvgIpc) is 2.76. The zero-order valence-electron chi connectivity index (χ0n) is 16.1. The quantitative estimate of drug-likeness (QED) is 0.374. The molecule has 3 heteroatoms. The molecule has 3 nitrogen and oxygen atoms in total. The summed E-state index contributed by atoms with van der Waals surface area (Å²) in [5.74, 6) is -0.510. The van der Waals surface area contributed by atoms with E-state index < -0.39 is 6.04 Å². The molecule has 0 bridgehead atoms. The highest BCUT2D eigenvalue weighted by molar-refractivity contribution is 5.85. The van der Waals surface area contributed by atoms with E-state index in [0.717, 1.165) is 16.9 Å². The second-order valence-corrected chi connectivity index (χ2v) is 6.41. The highest BCUT2D eigenvalue weighted by Gasteiger charge is 2.35. The normalized spacial score (nSPS) is 12.6. The first-order chi connectivity index (χ1) is 13.8. The first-order valence-electron chi connectivity index (χ1n) is 9.49. The molecule has 28 heavy (non-hydrogen) atoms. The molecule has 2 atom stereocenters. The van der Waals surface area contributed by atoms with Crippen LogP contribution in [0.25, 0.3) is 0 Å². The molecule has 142 valence electrons. The molecule has 0 saturated carbocycles. The monoisotopic (exact) mass is 371 g/mol. The zero-order valence-corrected chi connectivity index (χ0v) is 16.1. The van der Waals surface area contributed by atoms with Crippen molar-refractivity contribution in [3.8, 4) is 0 Å². The Bertz CT molecular complexity index is 839. The smallest absolute Gasteiger partial charge is 0.330 e. The minimum absolute atomic E-state index is 0.235. The summed E-state index contributed by atoms with van der Waals surface area (Å²) in [4.78, 5) is 15.2. The van der Waals surface area contributed by atoms with Gasteiger partial charge in [0.15, 0.2) is 0 Å². The van der Waals surface area contributed by atoms with Crippen molar-refractivity contribution < 1.29 is 9.53 Å². The van der Waals surface area contributed by atoms with E-state index in [9.17, 15) is 4.79 Å². The number of nitrogens with zero attached hydrogens (tertiary/aromatic N) is 1. The number of rotatable bonds is 8. The molecule has 0 aliphatic heterocycles. The van der Waals surface area contributed by atoms with Gasteiger partial charge in [0.25, 0.3) is 0 Å². The maximum absolute atomic E-state index is 13.2. The molecule has 0 saturated heterocycles. The van der Waals surface area contributed by atoms with Gasteiger partial charge in [0, 0.05) is 17.3 Å². The van der Waals surface area contributed by atoms with E-state index in [1.165, 1.54) is 0 Å². The summed E-state index contributed by atoms with van der Waals surface area (Å²) in [6, 6.07) is 29.2. The van der Waals surface area contributed by atoms with Crippen LogP contribution in [-0.2, 0) is 9.53 Å². The maximum atomic E-state index is 13.2. The Kier molecular flexibility index (Phi) is 6.64. The number of para-hydroxylation sites is 2. The van der Waals surface area contributed by atoms with Gasteiger partial charge in [0.1, 0.15) is 6.04 Å². The van der Waals surface area contributed by atoms with Crippen LogP contribution in [0.2, 0.25) is 0 Å². The van der Waals surface area contributed by atoms with Crippen LogP contribution in [0.3, 0.4) is 0 Å². The first kappa shape index (κ1) is 19.4. The fourth-order valence-corrected chi connectivity index (χ4v) is 3.41. The Hall–Kier alpha value is -3.33. The zero-order chi connectivity index (χ0) is 19.8. The summed E-state index contributed by atoms with van der Waals surface area (Å²) in [5, 5.41) is 0. The van der Waals surface area contributed by atoms with Crippen LogP contribution in [0, 0.1) is 0 Å². The van der Waals surface area contributed by atoms with E-state index in [1.54, 1.807) is 0 Å². The topological polar surface area (TPSA) is 29.5 Å². The number of ether oxygens (including phenoxy) is 1. The number of benzene rings is 3. The standard InChI is InChI=1S/C25H25NO2/c1-3-23(20-14-8-5-9-15-20)24(25(27)28-4-2)26(21-16-10-6-11-17-21)22-18-12-7-13-19-22/h3,5-19,23-24H,1,4H2,2H3. The van der Waals surface area contributed by atoms with Gasteiger partial charge in [0.2, 0.25) is 0 Å². The molecule has 0 heterocycles. The molecule has 0 aliphatic rings. The lowest BCUT2D eigenvalue weighted by Gasteiger charge is -2.36. The van der Waals surface area contributed by atoms with Crippen molar-refractivity contribution in [2.75, 3.05) is 11.5 Å². The molecule has 0 aromatic heterocycles. The number of carbonyl (C=O) groups is 1. The van der Waals surface area contributed by atoms with Crippen LogP contribution in [0.15, 0.2) is 104 Å². The van der Waals surface area contributed by atoms with Crippen molar-refractivity contribution in [1.82, 2.24) is 0 Å². The number of carbonyl (C=O) groups excluding carboxylic acids is 1. The van der Waals surface area contributed by atoms with Crippen LogP contribution in [-0.4, -0.2) is 18.6 Å². The lowest BCUT2D eigenvalue weighted by Crippen LogP contribution is -2.43. The fourth-order valence-electron chi connectivity index (χ4n) is 3.41. The van der Waals surface area contributed by atoms with Crippen molar-refractivity contribution in [3.05, 3.63) is 109 Å². The molecule has 0 aliphatic carbocycles. The van der Waals surface area contributed by atoms with Crippen LogP contribution in [0.4, 0.5) is 11.4 Å². The van der Waals surface area contributed by atoms with Crippen LogP contribution < -0.4 is 4.90 Å². The second kappa shape index (κ2) is 9.56. The Morgan fingerprint density at radius 1 is 0.893 bits per heavy atom. The number of anilines is 2. The van der Waals surface area contributed by atoms with Crippen molar-refractivity contribution in [2.24, 2.45) is 0 Å². The summed E-state index contributed by atoms with van der Waals surface area (Å²) < 4.78 is 5.50. The fraction of sp³-hybridized carbons (Fsp3) is 0.160. The van der Waals surface area contributed by atoms with Gasteiger partial charge >= 0.3 is 5.97 Å². The third-order valence-corrected chi connectivity index (χ3v) is 4.65. The Morgan fingerprint density at radius 2 is 1.36 bits per heavy atom. The van der Waals surface area contributed by atoms with Gasteiger partial charge in [0.05, 0.1) is 6.61 Å². The van der Waals surface area contributed by atoms with E-state index in [4.69, 9.17) is 4.74 Å². The largest absolute Gasteiger partial charge is 0.464 e. The maximum Gasteiger partial charge on any atom is 0.330 e. The molecular formula is C25H25NO2. The highest BCUT2D eigenvalue weighted by Crippen LogP contribution is 2.35. The van der Waals surface area contributed by atoms with E-state index in [1.807, 2.05) is 109 Å². The molecule has 0 radical (unpaired) electrons. The predicted molar refractivity (Wildman–Crippen MR) is 115 cm³/mol. The van der Waals surface area contributed by atoms with Gasteiger partial charge in [-0.05, 0) is 36.8 Å². The minimum atomic E-state index is -0.579. The predicted octanol–water partition coefficient (Wildman–Crippen LogP) is 5.73. The molecule has 3 rings (SSSR count). The van der Waals surface area contributed by atoms with E-state index >= 15 is 0 Å². The van der Waals surface area contributed by atoms with E-state index in [-0.39, 0.29) is 11.9 Å². The minimum Gasteiger partial charge on any atom is -0.464 e. The lowest BCUT2D eigenvalue weighted by atomic mass is 9.89. The first-order valence-corrected chi connectivity index (χ1v) is 9.49. The highest BCUT2D eigenvalue weighted by atomic mass is 16.5. The van der Waals surface area contributed by atoms with Gasteiger partial charge in [-0.25, -0.2) is 4.79 Å². The SMILES string of the molecule is C=CC(c1ccccc1)C(C(=O)OCC)N(c1ccccc1)c1ccccc1. The van der Waals surface area contributed by atoms with Crippen molar-refractivity contribution in [3.63, 3.8) is 0 Å². The number of hydrogen-bond donors (Lipinski definition) is 0. The molecule has 0 fully saturated rings. The van der Waals surface area contributed by atoms with E-state index in [0.29, 0.717) is 6.61 Å². The van der Waals surface area contributed by atoms with Crippen LogP contribution in [0.5, 0.6) is 0 Å².